The summed E-state index contributed by atoms with van der Waals surface area (Å²) in [5.41, 5.74) is 1.86. The molecule has 1 aromatic heterocycles. The predicted octanol–water partition coefficient (Wildman–Crippen LogP) is 2.41. The Hall–Kier alpha value is -2.63. The zero-order valence-electron chi connectivity index (χ0n) is 13.5. The first-order valence-corrected chi connectivity index (χ1v) is 7.54. The van der Waals surface area contributed by atoms with E-state index in [1.165, 1.54) is 0 Å². The topological polar surface area (TPSA) is 84.2 Å². The second-order valence-electron chi connectivity index (χ2n) is 5.91. The lowest BCUT2D eigenvalue weighted by Crippen LogP contribution is -2.41. The SMILES string of the molecule is Cc1cc(C(=O)N[C@@H](CC(C)C)C(=O)O)nn1-c1ccccc1. The molecule has 2 aromatic rings. The van der Waals surface area contributed by atoms with Gasteiger partial charge in [-0.15, -0.1) is 0 Å². The minimum atomic E-state index is -1.04. The highest BCUT2D eigenvalue weighted by molar-refractivity contribution is 5.95. The Balaban J connectivity index is 2.19. The molecule has 0 unspecified atom stereocenters. The van der Waals surface area contributed by atoms with Crippen LogP contribution in [0.15, 0.2) is 36.4 Å². The molecular weight excluding hydrogens is 294 g/mol. The number of carbonyl (C=O) groups is 2. The van der Waals surface area contributed by atoms with E-state index in [0.717, 1.165) is 11.4 Å². The third-order valence-electron chi connectivity index (χ3n) is 3.43. The number of aliphatic carboxylic acids is 1. The molecular formula is C17H21N3O3. The number of nitrogens with one attached hydrogen (secondary N) is 1. The number of carboxylic acids is 1. The van der Waals surface area contributed by atoms with E-state index >= 15 is 0 Å². The zero-order valence-corrected chi connectivity index (χ0v) is 13.5. The lowest BCUT2D eigenvalue weighted by molar-refractivity contribution is -0.139. The van der Waals surface area contributed by atoms with Gasteiger partial charge in [0.15, 0.2) is 5.69 Å². The number of nitrogens with zero attached hydrogens (tertiary/aromatic N) is 2. The van der Waals surface area contributed by atoms with Crippen LogP contribution in [0.5, 0.6) is 0 Å². The molecule has 23 heavy (non-hydrogen) atoms. The summed E-state index contributed by atoms with van der Waals surface area (Å²) in [6.07, 6.45) is 0.374. The summed E-state index contributed by atoms with van der Waals surface area (Å²) in [6, 6.07) is 10.2. The van der Waals surface area contributed by atoms with Crippen molar-refractivity contribution in [3.8, 4) is 5.69 Å². The second kappa shape index (κ2) is 7.09. The van der Waals surface area contributed by atoms with Gasteiger partial charge in [0.05, 0.1) is 5.69 Å². The van der Waals surface area contributed by atoms with E-state index in [9.17, 15) is 14.7 Å². The maximum Gasteiger partial charge on any atom is 0.326 e. The summed E-state index contributed by atoms with van der Waals surface area (Å²) in [7, 11) is 0. The number of hydrogen-bond acceptors (Lipinski definition) is 3. The predicted molar refractivity (Wildman–Crippen MR) is 86.6 cm³/mol. The van der Waals surface area contributed by atoms with Gasteiger partial charge in [0.2, 0.25) is 0 Å². The fraction of sp³-hybridized carbons (Fsp3) is 0.353. The van der Waals surface area contributed by atoms with Crippen LogP contribution in [0.1, 0.15) is 36.5 Å². The number of amides is 1. The molecule has 0 aliphatic rings. The fourth-order valence-electron chi connectivity index (χ4n) is 2.34. The quantitative estimate of drug-likeness (QED) is 0.857. The average molecular weight is 315 g/mol. The molecule has 1 atom stereocenters. The Kier molecular flexibility index (Phi) is 5.16. The summed E-state index contributed by atoms with van der Waals surface area (Å²) in [5, 5.41) is 16.0. The van der Waals surface area contributed by atoms with E-state index in [2.05, 4.69) is 10.4 Å². The highest BCUT2D eigenvalue weighted by Crippen LogP contribution is 2.12. The van der Waals surface area contributed by atoms with Gasteiger partial charge >= 0.3 is 5.97 Å². The van der Waals surface area contributed by atoms with Gasteiger partial charge in [-0.25, -0.2) is 9.48 Å². The number of benzene rings is 1. The highest BCUT2D eigenvalue weighted by atomic mass is 16.4. The minimum absolute atomic E-state index is 0.167. The lowest BCUT2D eigenvalue weighted by atomic mass is 10.0. The van der Waals surface area contributed by atoms with Crippen molar-refractivity contribution in [2.45, 2.75) is 33.2 Å². The van der Waals surface area contributed by atoms with Crippen LogP contribution in [0.25, 0.3) is 5.69 Å². The minimum Gasteiger partial charge on any atom is -0.480 e. The van der Waals surface area contributed by atoms with Crippen molar-refractivity contribution in [2.75, 3.05) is 0 Å². The number of para-hydroxylation sites is 1. The molecule has 6 heteroatoms. The third-order valence-corrected chi connectivity index (χ3v) is 3.43. The Morgan fingerprint density at radius 2 is 1.91 bits per heavy atom. The van der Waals surface area contributed by atoms with Gasteiger partial charge in [-0.2, -0.15) is 5.10 Å². The molecule has 0 spiro atoms. The van der Waals surface area contributed by atoms with Gasteiger partial charge < -0.3 is 10.4 Å². The number of aryl methyl sites for hydroxylation is 1. The van der Waals surface area contributed by atoms with Crippen molar-refractivity contribution in [2.24, 2.45) is 5.92 Å². The molecule has 122 valence electrons. The van der Waals surface area contributed by atoms with Crippen LogP contribution in [0, 0.1) is 12.8 Å². The number of rotatable bonds is 6. The zero-order chi connectivity index (χ0) is 17.0. The maximum atomic E-state index is 12.3. The number of hydrogen-bond donors (Lipinski definition) is 2. The van der Waals surface area contributed by atoms with Crippen molar-refractivity contribution >= 4 is 11.9 Å². The molecule has 0 aliphatic heterocycles. The molecule has 6 nitrogen and oxygen atoms in total. The number of carbonyl (C=O) groups excluding carboxylic acids is 1. The van der Waals surface area contributed by atoms with Gasteiger partial charge in [0.25, 0.3) is 5.91 Å². The van der Waals surface area contributed by atoms with Crippen molar-refractivity contribution < 1.29 is 14.7 Å². The average Bonchev–Trinajstić information content (AvgIpc) is 2.89. The molecule has 1 amide bonds. The lowest BCUT2D eigenvalue weighted by Gasteiger charge is -2.15. The summed E-state index contributed by atoms with van der Waals surface area (Å²) < 4.78 is 1.66. The molecule has 2 rings (SSSR count). The van der Waals surface area contributed by atoms with E-state index in [0.29, 0.717) is 6.42 Å². The van der Waals surface area contributed by atoms with Crippen LogP contribution >= 0.6 is 0 Å². The van der Waals surface area contributed by atoms with Crippen LogP contribution < -0.4 is 5.32 Å². The standard InChI is InChI=1S/C17H21N3O3/c1-11(2)9-15(17(22)23)18-16(21)14-10-12(3)20(19-14)13-7-5-4-6-8-13/h4-8,10-11,15H,9H2,1-3H3,(H,18,21)(H,22,23)/t15-/m0/s1. The first kappa shape index (κ1) is 16.7. The molecule has 2 N–H and O–H groups in total. The molecule has 0 bridgehead atoms. The van der Waals surface area contributed by atoms with Gasteiger partial charge in [0.1, 0.15) is 6.04 Å². The third kappa shape index (κ3) is 4.18. The van der Waals surface area contributed by atoms with Crippen LogP contribution in [0.2, 0.25) is 0 Å². The van der Waals surface area contributed by atoms with Crippen molar-refractivity contribution in [3.05, 3.63) is 47.8 Å². The smallest absolute Gasteiger partial charge is 0.326 e. The molecule has 0 radical (unpaired) electrons. The van der Waals surface area contributed by atoms with Crippen molar-refractivity contribution in [3.63, 3.8) is 0 Å². The summed E-state index contributed by atoms with van der Waals surface area (Å²) in [5.74, 6) is -1.35. The van der Waals surface area contributed by atoms with Crippen LogP contribution in [-0.4, -0.2) is 32.8 Å². The molecule has 1 aromatic carbocycles. The molecule has 0 saturated heterocycles. The number of aromatic nitrogens is 2. The molecule has 0 fully saturated rings. The van der Waals surface area contributed by atoms with Crippen molar-refractivity contribution in [1.82, 2.24) is 15.1 Å². The first-order chi connectivity index (χ1) is 10.9. The summed E-state index contributed by atoms with van der Waals surface area (Å²) in [6.45, 7) is 5.67. The van der Waals surface area contributed by atoms with E-state index in [-0.39, 0.29) is 11.6 Å². The van der Waals surface area contributed by atoms with Crippen LogP contribution in [0.3, 0.4) is 0 Å². The van der Waals surface area contributed by atoms with Gasteiger partial charge in [-0.1, -0.05) is 32.0 Å². The van der Waals surface area contributed by atoms with Crippen molar-refractivity contribution in [1.29, 1.82) is 0 Å². The molecule has 1 heterocycles. The van der Waals surface area contributed by atoms with E-state index in [1.54, 1.807) is 10.7 Å². The fourth-order valence-corrected chi connectivity index (χ4v) is 2.34. The highest BCUT2D eigenvalue weighted by Gasteiger charge is 2.23. The maximum absolute atomic E-state index is 12.3. The van der Waals surface area contributed by atoms with Crippen LogP contribution in [-0.2, 0) is 4.79 Å². The molecule has 0 aliphatic carbocycles. The Morgan fingerprint density at radius 3 is 2.48 bits per heavy atom. The molecule has 0 saturated carbocycles. The van der Waals surface area contributed by atoms with Gasteiger partial charge in [-0.05, 0) is 37.5 Å². The Labute approximate surface area is 135 Å². The monoisotopic (exact) mass is 315 g/mol. The van der Waals surface area contributed by atoms with Crippen LogP contribution in [0.4, 0.5) is 0 Å². The van der Waals surface area contributed by atoms with Gasteiger partial charge in [0, 0.05) is 5.69 Å². The van der Waals surface area contributed by atoms with E-state index in [1.807, 2.05) is 51.1 Å². The summed E-state index contributed by atoms with van der Waals surface area (Å²) >= 11 is 0. The second-order valence-corrected chi connectivity index (χ2v) is 5.91. The number of carboxylic acid groups (broad SMARTS) is 1. The normalized spacial score (nSPS) is 12.2. The Bertz CT molecular complexity index is 692. The van der Waals surface area contributed by atoms with E-state index < -0.39 is 17.9 Å². The Morgan fingerprint density at radius 1 is 1.26 bits per heavy atom. The largest absolute Gasteiger partial charge is 0.480 e. The summed E-state index contributed by atoms with van der Waals surface area (Å²) in [4.78, 5) is 23.5. The van der Waals surface area contributed by atoms with Gasteiger partial charge in [-0.3, -0.25) is 4.79 Å². The van der Waals surface area contributed by atoms with E-state index in [4.69, 9.17) is 0 Å². The first-order valence-electron chi connectivity index (χ1n) is 7.54.